The molecule has 0 radical (unpaired) electrons. The normalized spacial score (nSPS) is 15.1. The average molecular weight is 250 g/mol. The van der Waals surface area contributed by atoms with Gasteiger partial charge in [0.25, 0.3) is 0 Å². The Hall–Kier alpha value is -1.62. The van der Waals surface area contributed by atoms with Crippen molar-refractivity contribution >= 4 is 17.3 Å². The van der Waals surface area contributed by atoms with Gasteiger partial charge in [-0.05, 0) is 47.4 Å². The van der Waals surface area contributed by atoms with E-state index in [0.29, 0.717) is 22.5 Å². The van der Waals surface area contributed by atoms with Crippen LogP contribution in [0.1, 0.15) is 12.8 Å². The highest BCUT2D eigenvalue weighted by molar-refractivity contribution is 6.33. The van der Waals surface area contributed by atoms with Crippen LogP contribution in [0.4, 0.5) is 5.69 Å². The highest BCUT2D eigenvalue weighted by Crippen LogP contribution is 2.33. The third-order valence-electron chi connectivity index (χ3n) is 2.89. The van der Waals surface area contributed by atoms with E-state index < -0.39 is 0 Å². The Morgan fingerprint density at radius 2 is 2.24 bits per heavy atom. The van der Waals surface area contributed by atoms with Gasteiger partial charge >= 0.3 is 0 Å². The number of nitrogen functional groups attached to an aromatic ring is 1. The van der Waals surface area contributed by atoms with Crippen LogP contribution in [0, 0.1) is 5.92 Å². The highest BCUT2D eigenvalue weighted by atomic mass is 35.5. The number of aromatic nitrogens is 4. The quantitative estimate of drug-likeness (QED) is 0.845. The number of nitrogens with two attached hydrogens (primary N) is 1. The van der Waals surface area contributed by atoms with E-state index in [1.807, 2.05) is 10.7 Å². The number of rotatable bonds is 3. The first kappa shape index (κ1) is 10.5. The molecule has 0 saturated heterocycles. The van der Waals surface area contributed by atoms with Crippen LogP contribution in [0.25, 0.3) is 11.4 Å². The van der Waals surface area contributed by atoms with Crippen molar-refractivity contribution in [2.45, 2.75) is 19.4 Å². The van der Waals surface area contributed by atoms with Gasteiger partial charge in [0.2, 0.25) is 0 Å². The maximum Gasteiger partial charge on any atom is 0.183 e. The molecule has 17 heavy (non-hydrogen) atoms. The van der Waals surface area contributed by atoms with Gasteiger partial charge in [0.05, 0.1) is 5.02 Å². The number of nitrogens with zero attached hydrogens (tertiary/aromatic N) is 4. The Kier molecular flexibility index (Phi) is 2.48. The number of hydrogen-bond acceptors (Lipinski definition) is 4. The molecule has 0 bridgehead atoms. The van der Waals surface area contributed by atoms with Gasteiger partial charge in [0, 0.05) is 17.8 Å². The fourth-order valence-corrected chi connectivity index (χ4v) is 2.05. The first-order chi connectivity index (χ1) is 8.24. The topological polar surface area (TPSA) is 69.6 Å². The van der Waals surface area contributed by atoms with E-state index >= 15 is 0 Å². The summed E-state index contributed by atoms with van der Waals surface area (Å²) in [5, 5.41) is 12.3. The molecule has 3 rings (SSSR count). The molecule has 1 aromatic heterocycles. The Balaban J connectivity index is 1.99. The Labute approximate surface area is 104 Å². The largest absolute Gasteiger partial charge is 0.399 e. The summed E-state index contributed by atoms with van der Waals surface area (Å²) in [6.45, 7) is 0.864. The number of halogens is 1. The summed E-state index contributed by atoms with van der Waals surface area (Å²) in [5.41, 5.74) is 7.13. The lowest BCUT2D eigenvalue weighted by Gasteiger charge is -2.05. The third-order valence-corrected chi connectivity index (χ3v) is 3.21. The summed E-state index contributed by atoms with van der Waals surface area (Å²) in [6.07, 6.45) is 2.52. The van der Waals surface area contributed by atoms with Crippen molar-refractivity contribution in [3.63, 3.8) is 0 Å². The van der Waals surface area contributed by atoms with Crippen LogP contribution in [0.15, 0.2) is 18.2 Å². The average Bonchev–Trinajstić information content (AvgIpc) is 2.97. The van der Waals surface area contributed by atoms with Crippen LogP contribution in [0.3, 0.4) is 0 Å². The zero-order valence-corrected chi connectivity index (χ0v) is 9.93. The molecule has 6 heteroatoms. The van der Waals surface area contributed by atoms with Crippen LogP contribution in [0.2, 0.25) is 5.02 Å². The molecule has 0 unspecified atom stereocenters. The van der Waals surface area contributed by atoms with Gasteiger partial charge in [-0.2, -0.15) is 0 Å². The Morgan fingerprint density at radius 1 is 1.41 bits per heavy atom. The van der Waals surface area contributed by atoms with Crippen molar-refractivity contribution in [2.24, 2.45) is 5.92 Å². The van der Waals surface area contributed by atoms with E-state index in [1.165, 1.54) is 12.8 Å². The molecule has 88 valence electrons. The van der Waals surface area contributed by atoms with E-state index in [1.54, 1.807) is 12.1 Å². The zero-order valence-electron chi connectivity index (χ0n) is 9.17. The van der Waals surface area contributed by atoms with Gasteiger partial charge in [-0.1, -0.05) is 11.6 Å². The molecule has 1 aliphatic carbocycles. The van der Waals surface area contributed by atoms with Crippen molar-refractivity contribution in [2.75, 3.05) is 5.73 Å². The van der Waals surface area contributed by atoms with Crippen LogP contribution in [-0.2, 0) is 6.54 Å². The van der Waals surface area contributed by atoms with Crippen LogP contribution < -0.4 is 5.73 Å². The summed E-state index contributed by atoms with van der Waals surface area (Å²) in [6, 6.07) is 5.37. The van der Waals surface area contributed by atoms with Crippen LogP contribution in [0.5, 0.6) is 0 Å². The minimum absolute atomic E-state index is 0.580. The second-order valence-electron chi connectivity index (χ2n) is 4.37. The minimum atomic E-state index is 0.580. The van der Waals surface area contributed by atoms with Crippen molar-refractivity contribution < 1.29 is 0 Å². The lowest BCUT2D eigenvalue weighted by molar-refractivity contribution is 0.548. The Bertz CT molecular complexity index is 547. The second kappa shape index (κ2) is 4.00. The monoisotopic (exact) mass is 249 g/mol. The van der Waals surface area contributed by atoms with E-state index in [2.05, 4.69) is 15.5 Å². The maximum absolute atomic E-state index is 6.16. The van der Waals surface area contributed by atoms with E-state index in [9.17, 15) is 0 Å². The lowest BCUT2D eigenvalue weighted by Crippen LogP contribution is -2.04. The fourth-order valence-electron chi connectivity index (χ4n) is 1.78. The van der Waals surface area contributed by atoms with Crippen LogP contribution >= 0.6 is 11.6 Å². The molecule has 1 saturated carbocycles. The molecule has 2 aromatic rings. The molecule has 0 spiro atoms. The number of benzene rings is 1. The molecule has 1 aromatic carbocycles. The summed E-state index contributed by atoms with van der Waals surface area (Å²) < 4.78 is 1.81. The summed E-state index contributed by atoms with van der Waals surface area (Å²) in [4.78, 5) is 0. The van der Waals surface area contributed by atoms with E-state index in [-0.39, 0.29) is 0 Å². The van der Waals surface area contributed by atoms with Crippen molar-refractivity contribution in [1.29, 1.82) is 0 Å². The molecule has 5 nitrogen and oxygen atoms in total. The van der Waals surface area contributed by atoms with Gasteiger partial charge in [0.15, 0.2) is 5.82 Å². The molecule has 1 heterocycles. The van der Waals surface area contributed by atoms with Crippen molar-refractivity contribution in [3.8, 4) is 11.4 Å². The molecule has 0 aliphatic heterocycles. The predicted molar refractivity (Wildman–Crippen MR) is 65.4 cm³/mol. The number of hydrogen-bond donors (Lipinski definition) is 1. The van der Waals surface area contributed by atoms with Gasteiger partial charge in [-0.3, -0.25) is 0 Å². The molecule has 0 amide bonds. The summed E-state index contributed by atoms with van der Waals surface area (Å²) in [7, 11) is 0. The molecule has 1 fully saturated rings. The predicted octanol–water partition coefficient (Wildman–Crippen LogP) is 1.99. The first-order valence-electron chi connectivity index (χ1n) is 5.55. The maximum atomic E-state index is 6.16. The smallest absolute Gasteiger partial charge is 0.183 e. The second-order valence-corrected chi connectivity index (χ2v) is 4.77. The zero-order chi connectivity index (χ0) is 11.8. The minimum Gasteiger partial charge on any atom is -0.399 e. The SMILES string of the molecule is Nc1ccc(-c2nnnn2CC2CC2)c(Cl)c1. The Morgan fingerprint density at radius 3 is 2.94 bits per heavy atom. The van der Waals surface area contributed by atoms with Crippen molar-refractivity contribution in [3.05, 3.63) is 23.2 Å². The molecule has 0 atom stereocenters. The molecular weight excluding hydrogens is 238 g/mol. The number of tetrazole rings is 1. The third kappa shape index (κ3) is 2.10. The molecular formula is C11H12ClN5. The summed E-state index contributed by atoms with van der Waals surface area (Å²) >= 11 is 6.16. The van der Waals surface area contributed by atoms with E-state index in [0.717, 1.165) is 12.1 Å². The van der Waals surface area contributed by atoms with Gasteiger partial charge in [0.1, 0.15) is 0 Å². The molecule has 2 N–H and O–H groups in total. The lowest BCUT2D eigenvalue weighted by atomic mass is 10.2. The van der Waals surface area contributed by atoms with Crippen molar-refractivity contribution in [1.82, 2.24) is 20.2 Å². The van der Waals surface area contributed by atoms with E-state index in [4.69, 9.17) is 17.3 Å². The fraction of sp³-hybridized carbons (Fsp3) is 0.364. The first-order valence-corrected chi connectivity index (χ1v) is 5.93. The summed E-state index contributed by atoms with van der Waals surface area (Å²) in [5.74, 6) is 1.42. The van der Waals surface area contributed by atoms with Gasteiger partial charge in [-0.25, -0.2) is 4.68 Å². The molecule has 1 aliphatic rings. The highest BCUT2D eigenvalue weighted by Gasteiger charge is 2.24. The van der Waals surface area contributed by atoms with Gasteiger partial charge < -0.3 is 5.73 Å². The van der Waals surface area contributed by atoms with Crippen LogP contribution in [-0.4, -0.2) is 20.2 Å². The van der Waals surface area contributed by atoms with Gasteiger partial charge in [-0.15, -0.1) is 5.10 Å². The standard InChI is InChI=1S/C11H12ClN5/c12-10-5-8(13)3-4-9(10)11-14-15-16-17(11)6-7-1-2-7/h3-5,7H,1-2,6,13H2. The number of anilines is 1.